The highest BCUT2D eigenvalue weighted by Gasteiger charge is 2.20. The molecule has 0 spiro atoms. The number of benzene rings is 2. The molecule has 0 aliphatic rings. The lowest BCUT2D eigenvalue weighted by Crippen LogP contribution is -2.45. The lowest BCUT2D eigenvalue weighted by Gasteiger charge is -2.22. The summed E-state index contributed by atoms with van der Waals surface area (Å²) in [6.07, 6.45) is -0.0304. The van der Waals surface area contributed by atoms with Crippen LogP contribution >= 0.6 is 0 Å². The van der Waals surface area contributed by atoms with Gasteiger partial charge in [-0.15, -0.1) is 0 Å². The Morgan fingerprint density at radius 2 is 1.71 bits per heavy atom. The molecule has 2 amide bonds. The third-order valence-electron chi connectivity index (χ3n) is 4.49. The predicted octanol–water partition coefficient (Wildman–Crippen LogP) is 1.63. The van der Waals surface area contributed by atoms with Crippen molar-refractivity contribution in [3.63, 3.8) is 0 Å². The highest BCUT2D eigenvalue weighted by atomic mass is 16.2. The number of rotatable bonds is 6. The zero-order valence-corrected chi connectivity index (χ0v) is 15.8. The standard InChI is InChI=1S/C21H22N4O3/c1-14(21(28)25(2)13-15-8-4-3-5-9-15)22-19(26)12-18-16-10-6-7-11-17(16)20(27)24-23-18/h3-11,14H,12-13H2,1-2H3,(H,22,26)(H,24,27)/t14-/m1/s1. The number of aromatic amines is 1. The fourth-order valence-electron chi connectivity index (χ4n) is 3.08. The third-order valence-corrected chi connectivity index (χ3v) is 4.49. The fraction of sp³-hybridized carbons (Fsp3) is 0.238. The molecule has 28 heavy (non-hydrogen) atoms. The van der Waals surface area contributed by atoms with Gasteiger partial charge < -0.3 is 10.2 Å². The van der Waals surface area contributed by atoms with Gasteiger partial charge in [-0.3, -0.25) is 14.4 Å². The first kappa shape index (κ1) is 19.3. The molecule has 1 aromatic heterocycles. The van der Waals surface area contributed by atoms with Crippen LogP contribution < -0.4 is 10.9 Å². The van der Waals surface area contributed by atoms with Crippen molar-refractivity contribution in [2.75, 3.05) is 7.05 Å². The molecule has 2 aromatic carbocycles. The maximum absolute atomic E-state index is 12.5. The smallest absolute Gasteiger partial charge is 0.272 e. The van der Waals surface area contributed by atoms with E-state index in [2.05, 4.69) is 15.5 Å². The van der Waals surface area contributed by atoms with Crippen molar-refractivity contribution in [1.29, 1.82) is 0 Å². The third kappa shape index (κ3) is 4.43. The maximum atomic E-state index is 12.5. The molecule has 1 atom stereocenters. The average molecular weight is 378 g/mol. The van der Waals surface area contributed by atoms with Gasteiger partial charge in [-0.1, -0.05) is 48.5 Å². The lowest BCUT2D eigenvalue weighted by atomic mass is 10.1. The number of hydrogen-bond acceptors (Lipinski definition) is 4. The van der Waals surface area contributed by atoms with Gasteiger partial charge in [-0.25, -0.2) is 5.10 Å². The Balaban J connectivity index is 1.64. The highest BCUT2D eigenvalue weighted by Crippen LogP contribution is 2.13. The van der Waals surface area contributed by atoms with E-state index in [0.717, 1.165) is 5.56 Å². The molecule has 0 unspecified atom stereocenters. The molecule has 1 heterocycles. The van der Waals surface area contributed by atoms with Crippen molar-refractivity contribution in [2.24, 2.45) is 0 Å². The summed E-state index contributed by atoms with van der Waals surface area (Å²) in [5.41, 5.74) is 1.18. The van der Waals surface area contributed by atoms with E-state index in [1.54, 1.807) is 43.1 Å². The number of carbonyl (C=O) groups excluding carboxylic acids is 2. The molecule has 0 aliphatic heterocycles. The summed E-state index contributed by atoms with van der Waals surface area (Å²) < 4.78 is 0. The molecule has 2 N–H and O–H groups in total. The van der Waals surface area contributed by atoms with Gasteiger partial charge in [0.2, 0.25) is 11.8 Å². The van der Waals surface area contributed by atoms with Crippen LogP contribution in [-0.2, 0) is 22.6 Å². The van der Waals surface area contributed by atoms with E-state index in [1.807, 2.05) is 30.3 Å². The van der Waals surface area contributed by atoms with Gasteiger partial charge in [-0.05, 0) is 18.6 Å². The van der Waals surface area contributed by atoms with Crippen LogP contribution in [0.4, 0.5) is 0 Å². The topological polar surface area (TPSA) is 95.2 Å². The van der Waals surface area contributed by atoms with Gasteiger partial charge in [-0.2, -0.15) is 5.10 Å². The molecule has 144 valence electrons. The van der Waals surface area contributed by atoms with Crippen LogP contribution in [0.15, 0.2) is 59.4 Å². The van der Waals surface area contributed by atoms with Crippen molar-refractivity contribution in [3.8, 4) is 0 Å². The summed E-state index contributed by atoms with van der Waals surface area (Å²) in [5, 5.41) is 10.2. The molecular weight excluding hydrogens is 356 g/mol. The van der Waals surface area contributed by atoms with E-state index in [-0.39, 0.29) is 23.8 Å². The number of carbonyl (C=O) groups is 2. The molecule has 3 rings (SSSR count). The van der Waals surface area contributed by atoms with Gasteiger partial charge in [0.05, 0.1) is 17.5 Å². The Morgan fingerprint density at radius 3 is 2.43 bits per heavy atom. The van der Waals surface area contributed by atoms with E-state index >= 15 is 0 Å². The van der Waals surface area contributed by atoms with Crippen LogP contribution in [0.25, 0.3) is 10.8 Å². The predicted molar refractivity (Wildman–Crippen MR) is 107 cm³/mol. The van der Waals surface area contributed by atoms with Crippen molar-refractivity contribution in [3.05, 3.63) is 76.2 Å². The second kappa shape index (κ2) is 8.47. The first-order chi connectivity index (χ1) is 13.5. The Labute approximate surface area is 162 Å². The largest absolute Gasteiger partial charge is 0.344 e. The van der Waals surface area contributed by atoms with E-state index < -0.39 is 6.04 Å². The zero-order chi connectivity index (χ0) is 20.1. The molecule has 7 heteroatoms. The second-order valence-corrected chi connectivity index (χ2v) is 6.69. The number of amides is 2. The molecule has 0 aliphatic carbocycles. The Kier molecular flexibility index (Phi) is 5.84. The molecule has 0 fully saturated rings. The van der Waals surface area contributed by atoms with Gasteiger partial charge in [0.1, 0.15) is 6.04 Å². The number of aromatic nitrogens is 2. The lowest BCUT2D eigenvalue weighted by molar-refractivity contribution is -0.135. The fourth-order valence-corrected chi connectivity index (χ4v) is 3.08. The Bertz CT molecular complexity index is 1050. The molecule has 7 nitrogen and oxygen atoms in total. The van der Waals surface area contributed by atoms with Crippen LogP contribution in [-0.4, -0.2) is 40.0 Å². The highest BCUT2D eigenvalue weighted by molar-refractivity contribution is 5.91. The van der Waals surface area contributed by atoms with Gasteiger partial charge in [0.15, 0.2) is 0 Å². The number of nitrogens with one attached hydrogen (secondary N) is 2. The van der Waals surface area contributed by atoms with E-state index in [4.69, 9.17) is 0 Å². The number of hydrogen-bond donors (Lipinski definition) is 2. The molecule has 0 bridgehead atoms. The first-order valence-corrected chi connectivity index (χ1v) is 9.00. The zero-order valence-electron chi connectivity index (χ0n) is 15.8. The summed E-state index contributed by atoms with van der Waals surface area (Å²) in [4.78, 5) is 38.4. The average Bonchev–Trinajstić information content (AvgIpc) is 2.70. The van der Waals surface area contributed by atoms with Crippen molar-refractivity contribution < 1.29 is 9.59 Å². The van der Waals surface area contributed by atoms with Crippen LogP contribution in [0.2, 0.25) is 0 Å². The van der Waals surface area contributed by atoms with Crippen LogP contribution in [0, 0.1) is 0 Å². The van der Waals surface area contributed by atoms with Gasteiger partial charge >= 0.3 is 0 Å². The van der Waals surface area contributed by atoms with E-state index in [0.29, 0.717) is 23.0 Å². The number of nitrogens with zero attached hydrogens (tertiary/aromatic N) is 2. The van der Waals surface area contributed by atoms with Crippen molar-refractivity contribution in [2.45, 2.75) is 25.9 Å². The summed E-state index contributed by atoms with van der Waals surface area (Å²) in [5.74, 6) is -0.518. The monoisotopic (exact) mass is 378 g/mol. The molecular formula is C21H22N4O3. The Morgan fingerprint density at radius 1 is 1.07 bits per heavy atom. The van der Waals surface area contributed by atoms with Gasteiger partial charge in [0, 0.05) is 19.0 Å². The summed E-state index contributed by atoms with van der Waals surface area (Å²) in [6, 6.07) is 15.9. The molecule has 3 aromatic rings. The van der Waals surface area contributed by atoms with Crippen molar-refractivity contribution >= 4 is 22.6 Å². The van der Waals surface area contributed by atoms with Crippen molar-refractivity contribution in [1.82, 2.24) is 20.4 Å². The minimum absolute atomic E-state index is 0.0304. The number of likely N-dealkylation sites (N-methyl/N-ethyl adjacent to an activating group) is 1. The number of fused-ring (bicyclic) bond motifs is 1. The van der Waals surface area contributed by atoms with E-state index in [9.17, 15) is 14.4 Å². The molecule has 0 radical (unpaired) electrons. The maximum Gasteiger partial charge on any atom is 0.272 e. The van der Waals surface area contributed by atoms with Gasteiger partial charge in [0.25, 0.3) is 5.56 Å². The summed E-state index contributed by atoms with van der Waals surface area (Å²) in [7, 11) is 1.70. The minimum atomic E-state index is -0.671. The number of H-pyrrole nitrogens is 1. The minimum Gasteiger partial charge on any atom is -0.344 e. The second-order valence-electron chi connectivity index (χ2n) is 6.69. The first-order valence-electron chi connectivity index (χ1n) is 9.00. The quantitative estimate of drug-likeness (QED) is 0.682. The molecule has 0 saturated heterocycles. The Hall–Kier alpha value is -3.48. The molecule has 0 saturated carbocycles. The summed E-state index contributed by atoms with van der Waals surface area (Å²) >= 11 is 0. The summed E-state index contributed by atoms with van der Waals surface area (Å²) in [6.45, 7) is 2.12. The SMILES string of the molecule is C[C@@H](NC(=O)Cc1n[nH]c(=O)c2ccccc12)C(=O)N(C)Cc1ccccc1. The van der Waals surface area contributed by atoms with Crippen LogP contribution in [0.1, 0.15) is 18.2 Å². The normalized spacial score (nSPS) is 11.8. The van der Waals surface area contributed by atoms with Crippen LogP contribution in [0.5, 0.6) is 0 Å². The van der Waals surface area contributed by atoms with E-state index in [1.165, 1.54) is 0 Å². The van der Waals surface area contributed by atoms with Crippen LogP contribution in [0.3, 0.4) is 0 Å².